The number of hydrogen-bond donors (Lipinski definition) is 0. The summed E-state index contributed by atoms with van der Waals surface area (Å²) in [5, 5.41) is 21.1. The molecular weight excluding hydrogens is 669 g/mol. The van der Waals surface area contributed by atoms with Crippen molar-refractivity contribution in [1.82, 2.24) is 0 Å². The van der Waals surface area contributed by atoms with Gasteiger partial charge < -0.3 is 4.74 Å². The molecule has 0 aromatic heterocycles. The van der Waals surface area contributed by atoms with Crippen LogP contribution >= 0.6 is 0 Å². The summed E-state index contributed by atoms with van der Waals surface area (Å²) < 4.78 is 7.96. The average molecular weight is 761 g/mol. The maximum Gasteiger partial charge on any atom is 0.0689 e. The van der Waals surface area contributed by atoms with Crippen LogP contribution in [-0.4, -0.2) is 12.2 Å². The Morgan fingerprint density at radius 3 is 1.05 bits per heavy atom. The predicted octanol–water partition coefficient (Wildman–Crippen LogP) is 16.6. The van der Waals surface area contributed by atoms with Crippen molar-refractivity contribution in [3.8, 4) is 12.1 Å². The van der Waals surface area contributed by atoms with E-state index in [9.17, 15) is 10.5 Å². The van der Waals surface area contributed by atoms with E-state index < -0.39 is 0 Å². The first kappa shape index (κ1) is 46.6. The predicted molar refractivity (Wildman–Crippen MR) is 235 cm³/mol. The summed E-state index contributed by atoms with van der Waals surface area (Å²) in [6.45, 7) is 9.27. The fraction of sp³-hybridized carbons (Fsp3) is 0.962. The molecule has 0 aromatic rings. The standard InChI is InChI=1S/C52H92N2O/c1-5-9-13-15-19-35-51(41-53)37-31-47(32-38-51)49(45-27-23-43(24-28-45)21-17-11-7-3)55-50(46-29-25-44(26-30-46)22-18-12-8-4)48-33-39-52(42-54,40-34-48)36-20-16-14-10-6-2/h43-50H,5-40H2,1-4H3/t43-,44-,45-,46-,47?,48?,49?,50?,51?,52?. The highest BCUT2D eigenvalue weighted by Gasteiger charge is 2.46. The molecule has 4 aliphatic carbocycles. The van der Waals surface area contributed by atoms with Crippen molar-refractivity contribution < 1.29 is 4.74 Å². The smallest absolute Gasteiger partial charge is 0.0689 e. The van der Waals surface area contributed by atoms with E-state index in [0.717, 1.165) is 50.4 Å². The van der Waals surface area contributed by atoms with Crippen molar-refractivity contribution in [3.05, 3.63) is 0 Å². The molecular formula is C52H92N2O. The van der Waals surface area contributed by atoms with Crippen molar-refractivity contribution in [2.75, 3.05) is 0 Å². The average Bonchev–Trinajstić information content (AvgIpc) is 3.23. The van der Waals surface area contributed by atoms with Gasteiger partial charge in [-0.25, -0.2) is 0 Å². The monoisotopic (exact) mass is 761 g/mol. The normalized spacial score (nSPS) is 32.7. The molecule has 0 radical (unpaired) electrons. The van der Waals surface area contributed by atoms with Gasteiger partial charge in [0.1, 0.15) is 0 Å². The van der Waals surface area contributed by atoms with Gasteiger partial charge in [-0.05, 0) is 125 Å². The van der Waals surface area contributed by atoms with E-state index in [1.54, 1.807) is 0 Å². The lowest BCUT2D eigenvalue weighted by Gasteiger charge is -2.48. The van der Waals surface area contributed by atoms with E-state index in [1.165, 1.54) is 193 Å². The van der Waals surface area contributed by atoms with Crippen LogP contribution in [0.3, 0.4) is 0 Å². The summed E-state index contributed by atoms with van der Waals surface area (Å²) in [6.07, 6.45) is 47.2. The molecule has 4 aliphatic rings. The molecule has 2 atom stereocenters. The highest BCUT2D eigenvalue weighted by molar-refractivity contribution is 5.05. The Morgan fingerprint density at radius 1 is 0.418 bits per heavy atom. The van der Waals surface area contributed by atoms with Crippen LogP contribution in [0.25, 0.3) is 0 Å². The largest absolute Gasteiger partial charge is 0.374 e. The Kier molecular flexibility index (Phi) is 22.1. The number of nitriles is 2. The number of ether oxygens (including phenoxy) is 1. The van der Waals surface area contributed by atoms with Crippen LogP contribution in [-0.2, 0) is 4.74 Å². The molecule has 0 saturated heterocycles. The van der Waals surface area contributed by atoms with Crippen molar-refractivity contribution in [3.63, 3.8) is 0 Å². The van der Waals surface area contributed by atoms with Gasteiger partial charge in [0.05, 0.1) is 35.2 Å². The van der Waals surface area contributed by atoms with Crippen LogP contribution in [0, 0.1) is 69.0 Å². The minimum absolute atomic E-state index is 0.0969. The molecule has 2 unspecified atom stereocenters. The zero-order valence-corrected chi connectivity index (χ0v) is 37.4. The molecule has 0 heterocycles. The second-order valence-corrected chi connectivity index (χ2v) is 20.4. The van der Waals surface area contributed by atoms with Gasteiger partial charge in [0.25, 0.3) is 0 Å². The lowest BCUT2D eigenvalue weighted by molar-refractivity contribution is -0.145. The summed E-state index contributed by atoms with van der Waals surface area (Å²) >= 11 is 0. The van der Waals surface area contributed by atoms with Crippen LogP contribution in [0.1, 0.15) is 259 Å². The van der Waals surface area contributed by atoms with E-state index in [4.69, 9.17) is 4.74 Å². The molecule has 4 saturated carbocycles. The maximum atomic E-state index is 10.6. The summed E-state index contributed by atoms with van der Waals surface area (Å²) in [4.78, 5) is 0. The second-order valence-electron chi connectivity index (χ2n) is 20.4. The molecule has 0 amide bonds. The van der Waals surface area contributed by atoms with E-state index in [-0.39, 0.29) is 10.8 Å². The zero-order valence-electron chi connectivity index (χ0n) is 37.4. The molecule has 316 valence electrons. The molecule has 0 bridgehead atoms. The number of rotatable bonds is 26. The SMILES string of the molecule is CCCCCCCC1(C#N)CCC(C(OC(C2CCC(C#N)(CCCCCCC)CC2)[C@H]2CC[C@H](CCCCC)CC2)[C@H]2CC[C@H](CCCCC)CC2)CC1. The quantitative estimate of drug-likeness (QED) is 0.0825. The summed E-state index contributed by atoms with van der Waals surface area (Å²) in [5.41, 5.74) is -0.194. The van der Waals surface area contributed by atoms with Gasteiger partial charge in [0.2, 0.25) is 0 Å². The molecule has 0 aliphatic heterocycles. The number of unbranched alkanes of at least 4 members (excludes halogenated alkanes) is 12. The highest BCUT2D eigenvalue weighted by Crippen LogP contribution is 2.51. The molecule has 4 rings (SSSR count). The van der Waals surface area contributed by atoms with Gasteiger partial charge in [0, 0.05) is 0 Å². The van der Waals surface area contributed by atoms with Gasteiger partial charge in [-0.2, -0.15) is 10.5 Å². The van der Waals surface area contributed by atoms with Gasteiger partial charge in [-0.1, -0.05) is 169 Å². The van der Waals surface area contributed by atoms with Crippen LogP contribution in [0.2, 0.25) is 0 Å². The summed E-state index contributed by atoms with van der Waals surface area (Å²) in [7, 11) is 0. The van der Waals surface area contributed by atoms with Crippen LogP contribution in [0.5, 0.6) is 0 Å². The van der Waals surface area contributed by atoms with Gasteiger partial charge in [-0.3, -0.25) is 0 Å². The minimum atomic E-state index is -0.0969. The Balaban J connectivity index is 1.49. The highest BCUT2D eigenvalue weighted by atomic mass is 16.5. The van der Waals surface area contributed by atoms with Crippen molar-refractivity contribution in [1.29, 1.82) is 10.5 Å². The number of nitrogens with zero attached hydrogens (tertiary/aromatic N) is 2. The first-order chi connectivity index (χ1) is 26.9. The molecule has 3 heteroatoms. The molecule has 0 N–H and O–H groups in total. The maximum absolute atomic E-state index is 10.6. The Labute approximate surface area is 343 Å². The van der Waals surface area contributed by atoms with E-state index in [1.807, 2.05) is 0 Å². The first-order valence-electron chi connectivity index (χ1n) is 25.4. The molecule has 0 aromatic carbocycles. The van der Waals surface area contributed by atoms with Crippen LogP contribution < -0.4 is 0 Å². The van der Waals surface area contributed by atoms with Gasteiger partial charge >= 0.3 is 0 Å². The van der Waals surface area contributed by atoms with E-state index in [2.05, 4.69) is 39.8 Å². The van der Waals surface area contributed by atoms with Crippen molar-refractivity contribution >= 4 is 0 Å². The Hall–Kier alpha value is -1.06. The zero-order chi connectivity index (χ0) is 39.2. The minimum Gasteiger partial charge on any atom is -0.374 e. The summed E-state index contributed by atoms with van der Waals surface area (Å²) in [5.74, 6) is 4.45. The summed E-state index contributed by atoms with van der Waals surface area (Å²) in [6, 6.07) is 5.83. The van der Waals surface area contributed by atoms with Crippen LogP contribution in [0.4, 0.5) is 0 Å². The lowest BCUT2D eigenvalue weighted by Crippen LogP contribution is -2.46. The third-order valence-corrected chi connectivity index (χ3v) is 16.4. The lowest BCUT2D eigenvalue weighted by atomic mass is 9.64. The molecule has 55 heavy (non-hydrogen) atoms. The van der Waals surface area contributed by atoms with Crippen molar-refractivity contribution in [2.45, 2.75) is 271 Å². The number of hydrogen-bond acceptors (Lipinski definition) is 3. The Bertz CT molecular complexity index is 970. The van der Waals surface area contributed by atoms with E-state index in [0.29, 0.717) is 35.9 Å². The fourth-order valence-corrected chi connectivity index (χ4v) is 12.4. The van der Waals surface area contributed by atoms with Gasteiger partial charge in [-0.15, -0.1) is 0 Å². The third-order valence-electron chi connectivity index (χ3n) is 16.4. The van der Waals surface area contributed by atoms with Crippen molar-refractivity contribution in [2.24, 2.45) is 46.3 Å². The van der Waals surface area contributed by atoms with E-state index >= 15 is 0 Å². The van der Waals surface area contributed by atoms with Gasteiger partial charge in [0.15, 0.2) is 0 Å². The fourth-order valence-electron chi connectivity index (χ4n) is 12.4. The first-order valence-corrected chi connectivity index (χ1v) is 25.4. The topological polar surface area (TPSA) is 56.8 Å². The third kappa shape index (κ3) is 15.2. The molecule has 3 nitrogen and oxygen atoms in total. The Morgan fingerprint density at radius 2 is 0.727 bits per heavy atom. The molecule has 0 spiro atoms. The van der Waals surface area contributed by atoms with Crippen LogP contribution in [0.15, 0.2) is 0 Å². The second kappa shape index (κ2) is 26.1. The molecule has 4 fully saturated rings.